The second kappa shape index (κ2) is 10.5. The van der Waals surface area contributed by atoms with E-state index in [4.69, 9.17) is 23.7 Å². The molecule has 2 aromatic rings. The highest BCUT2D eigenvalue weighted by Crippen LogP contribution is 2.73. The van der Waals surface area contributed by atoms with E-state index in [2.05, 4.69) is 13.8 Å². The van der Waals surface area contributed by atoms with E-state index in [9.17, 15) is 9.59 Å². The second-order valence-electron chi connectivity index (χ2n) is 12.0. The highest BCUT2D eigenvalue weighted by molar-refractivity contribution is 6.00. The van der Waals surface area contributed by atoms with Crippen LogP contribution in [0.15, 0.2) is 71.8 Å². The van der Waals surface area contributed by atoms with Crippen LogP contribution in [0.2, 0.25) is 0 Å². The zero-order valence-electron chi connectivity index (χ0n) is 23.5. The zero-order chi connectivity index (χ0) is 28.0. The summed E-state index contributed by atoms with van der Waals surface area (Å²) in [6, 6.07) is 19.9. The van der Waals surface area contributed by atoms with E-state index in [-0.39, 0.29) is 43.6 Å². The largest absolute Gasteiger partial charge is 0.448 e. The number of carbonyl (C=O) groups excluding carboxylic acids is 2. The number of rotatable bonds is 10. The van der Waals surface area contributed by atoms with Gasteiger partial charge in [0.1, 0.15) is 25.3 Å². The van der Waals surface area contributed by atoms with Gasteiger partial charge in [-0.15, -0.1) is 0 Å². The minimum Gasteiger partial charge on any atom is -0.448 e. The molecule has 0 spiro atoms. The maximum atomic E-state index is 13.3. The first-order valence-electron chi connectivity index (χ1n) is 14.3. The van der Waals surface area contributed by atoms with Gasteiger partial charge in [0.15, 0.2) is 11.4 Å². The molecule has 1 saturated heterocycles. The number of esters is 1. The van der Waals surface area contributed by atoms with Gasteiger partial charge in [-0.25, -0.2) is 0 Å². The number of ketones is 1. The smallest absolute Gasteiger partial charge is 0.307 e. The molecule has 2 saturated carbocycles. The van der Waals surface area contributed by atoms with Crippen molar-refractivity contribution >= 4 is 11.8 Å². The Morgan fingerprint density at radius 2 is 1.55 bits per heavy atom. The van der Waals surface area contributed by atoms with Crippen molar-refractivity contribution in [3.8, 4) is 0 Å². The molecule has 1 aliphatic heterocycles. The Kier molecular flexibility index (Phi) is 7.20. The van der Waals surface area contributed by atoms with Crippen LogP contribution in [0.4, 0.5) is 0 Å². The van der Waals surface area contributed by atoms with E-state index in [0.717, 1.165) is 23.1 Å². The number of carbonyl (C=O) groups is 2. The summed E-state index contributed by atoms with van der Waals surface area (Å²) in [5.74, 6) is -0.272. The molecule has 2 bridgehead atoms. The van der Waals surface area contributed by atoms with Gasteiger partial charge in [0.05, 0.1) is 19.6 Å². The van der Waals surface area contributed by atoms with Crippen molar-refractivity contribution in [2.45, 2.75) is 77.0 Å². The van der Waals surface area contributed by atoms with E-state index in [0.29, 0.717) is 31.6 Å². The van der Waals surface area contributed by atoms with Crippen LogP contribution >= 0.6 is 0 Å². The average Bonchev–Trinajstić information content (AvgIpc) is 3.30. The maximum Gasteiger partial charge on any atom is 0.307 e. The molecule has 1 heterocycles. The Bertz CT molecular complexity index is 1290. The number of ether oxygens (including phenoxy) is 5. The molecule has 6 atom stereocenters. The Morgan fingerprint density at radius 1 is 0.925 bits per heavy atom. The first kappa shape index (κ1) is 27.3. The third-order valence-electron chi connectivity index (χ3n) is 9.85. The molecule has 6 rings (SSSR count). The topological polar surface area (TPSA) is 80.3 Å². The van der Waals surface area contributed by atoms with Crippen molar-refractivity contribution < 1.29 is 33.3 Å². The lowest BCUT2D eigenvalue weighted by atomic mass is 9.56. The predicted molar refractivity (Wildman–Crippen MR) is 147 cm³/mol. The SMILES string of the molecule is CC1=C2C(CC1=O)C1(C)CC(=O)OC23C(OCOCc2ccccc2)C(C)CCC13OCOCc1ccccc1. The van der Waals surface area contributed by atoms with Crippen LogP contribution in [0.3, 0.4) is 0 Å². The van der Waals surface area contributed by atoms with Gasteiger partial charge in [-0.1, -0.05) is 74.5 Å². The van der Waals surface area contributed by atoms with Crippen LogP contribution in [0.1, 0.15) is 57.6 Å². The highest BCUT2D eigenvalue weighted by atomic mass is 16.7. The minimum absolute atomic E-state index is 0.0332. The first-order valence-corrected chi connectivity index (χ1v) is 14.3. The van der Waals surface area contributed by atoms with E-state index in [1.807, 2.05) is 67.6 Å². The van der Waals surface area contributed by atoms with Crippen LogP contribution in [-0.2, 0) is 46.5 Å². The molecule has 212 valence electrons. The maximum absolute atomic E-state index is 13.3. The Labute approximate surface area is 235 Å². The van der Waals surface area contributed by atoms with E-state index >= 15 is 0 Å². The number of fused-ring (bicyclic) bond motifs is 2. The Balaban J connectivity index is 1.32. The molecule has 0 aromatic heterocycles. The standard InChI is InChI=1S/C33H38O7/c1-22-14-15-32(39-21-37-19-25-12-8-5-9-13-25)31(3)17-28(35)40-33(32,29-23(2)27(34)16-26(29)31)30(22)38-20-36-18-24-10-6-4-7-11-24/h4-13,22,26,30H,14-21H2,1-3H3. The number of benzene rings is 2. The summed E-state index contributed by atoms with van der Waals surface area (Å²) in [6.07, 6.45) is 1.52. The van der Waals surface area contributed by atoms with Gasteiger partial charge < -0.3 is 23.7 Å². The Morgan fingerprint density at radius 3 is 2.20 bits per heavy atom. The van der Waals surface area contributed by atoms with Crippen molar-refractivity contribution in [2.75, 3.05) is 13.6 Å². The number of hydrogen-bond acceptors (Lipinski definition) is 7. The summed E-state index contributed by atoms with van der Waals surface area (Å²) < 4.78 is 31.8. The third-order valence-corrected chi connectivity index (χ3v) is 9.85. The fourth-order valence-corrected chi connectivity index (χ4v) is 8.03. The van der Waals surface area contributed by atoms with Crippen molar-refractivity contribution in [3.63, 3.8) is 0 Å². The first-order chi connectivity index (χ1) is 19.3. The molecular formula is C33H38O7. The number of allylic oxidation sites excluding steroid dienone is 1. The highest BCUT2D eigenvalue weighted by Gasteiger charge is 2.83. The van der Waals surface area contributed by atoms with Gasteiger partial charge >= 0.3 is 5.97 Å². The molecule has 3 fully saturated rings. The molecule has 3 aliphatic carbocycles. The minimum atomic E-state index is -1.22. The van der Waals surface area contributed by atoms with Crippen LogP contribution in [0.25, 0.3) is 0 Å². The van der Waals surface area contributed by atoms with Crippen LogP contribution < -0.4 is 0 Å². The molecule has 7 nitrogen and oxygen atoms in total. The van der Waals surface area contributed by atoms with E-state index in [1.165, 1.54) is 0 Å². The Hall–Kier alpha value is -2.84. The van der Waals surface area contributed by atoms with Crippen molar-refractivity contribution in [1.29, 1.82) is 0 Å². The summed E-state index contributed by atoms with van der Waals surface area (Å²) in [4.78, 5) is 26.4. The molecule has 6 unspecified atom stereocenters. The number of Topliss-reactive ketones (excluding diaryl/α,β-unsaturated/α-hetero) is 1. The van der Waals surface area contributed by atoms with Crippen molar-refractivity contribution in [1.82, 2.24) is 0 Å². The molecule has 7 heteroatoms. The molecular weight excluding hydrogens is 508 g/mol. The van der Waals surface area contributed by atoms with Crippen molar-refractivity contribution in [2.24, 2.45) is 17.3 Å². The van der Waals surface area contributed by atoms with Crippen LogP contribution in [-0.4, -0.2) is 42.6 Å². The summed E-state index contributed by atoms with van der Waals surface area (Å²) in [7, 11) is 0. The quantitative estimate of drug-likeness (QED) is 0.221. The van der Waals surface area contributed by atoms with Gasteiger partial charge in [0, 0.05) is 17.8 Å². The monoisotopic (exact) mass is 546 g/mol. The zero-order valence-corrected chi connectivity index (χ0v) is 23.5. The average molecular weight is 547 g/mol. The second-order valence-corrected chi connectivity index (χ2v) is 12.0. The lowest BCUT2D eigenvalue weighted by Crippen LogP contribution is -2.73. The summed E-state index contributed by atoms with van der Waals surface area (Å²) >= 11 is 0. The van der Waals surface area contributed by atoms with E-state index < -0.39 is 22.7 Å². The molecule has 0 N–H and O–H groups in total. The summed E-state index contributed by atoms with van der Waals surface area (Å²) in [5.41, 5.74) is 0.922. The molecule has 4 aliphatic rings. The number of hydrogen-bond donors (Lipinski definition) is 0. The summed E-state index contributed by atoms with van der Waals surface area (Å²) in [5, 5.41) is 0. The molecule has 0 amide bonds. The van der Waals surface area contributed by atoms with Gasteiger partial charge in [0.2, 0.25) is 0 Å². The van der Waals surface area contributed by atoms with Crippen LogP contribution in [0, 0.1) is 17.3 Å². The molecule has 0 radical (unpaired) electrons. The van der Waals surface area contributed by atoms with Crippen LogP contribution in [0.5, 0.6) is 0 Å². The fourth-order valence-electron chi connectivity index (χ4n) is 8.03. The van der Waals surface area contributed by atoms with Gasteiger partial charge in [0.25, 0.3) is 0 Å². The van der Waals surface area contributed by atoms with Gasteiger partial charge in [-0.2, -0.15) is 0 Å². The fraction of sp³-hybridized carbons (Fsp3) is 0.515. The third kappa shape index (κ3) is 4.09. The predicted octanol–water partition coefficient (Wildman–Crippen LogP) is 5.52. The molecule has 2 aromatic carbocycles. The van der Waals surface area contributed by atoms with Gasteiger partial charge in [-0.3, -0.25) is 9.59 Å². The van der Waals surface area contributed by atoms with Crippen molar-refractivity contribution in [3.05, 3.63) is 82.9 Å². The lowest BCUT2D eigenvalue weighted by Gasteiger charge is -2.60. The van der Waals surface area contributed by atoms with Gasteiger partial charge in [-0.05, 0) is 48.0 Å². The normalized spacial score (nSPS) is 34.5. The van der Waals surface area contributed by atoms with E-state index in [1.54, 1.807) is 0 Å². The summed E-state index contributed by atoms with van der Waals surface area (Å²) in [6.45, 7) is 6.98. The lowest BCUT2D eigenvalue weighted by molar-refractivity contribution is -0.321. The molecule has 40 heavy (non-hydrogen) atoms.